The summed E-state index contributed by atoms with van der Waals surface area (Å²) in [6, 6.07) is 0. The van der Waals surface area contributed by atoms with Crippen molar-refractivity contribution in [2.75, 3.05) is 0 Å². The van der Waals surface area contributed by atoms with Crippen LogP contribution in [0.15, 0.2) is 46.7 Å². The third kappa shape index (κ3) is 4.36. The van der Waals surface area contributed by atoms with Crippen LogP contribution >= 0.6 is 0 Å². The first-order valence-corrected chi connectivity index (χ1v) is 6.73. The molecular formula is C16H25NO. The molecule has 1 amide bonds. The first-order valence-electron chi connectivity index (χ1n) is 6.73. The molecular weight excluding hydrogens is 222 g/mol. The molecule has 0 spiro atoms. The van der Waals surface area contributed by atoms with E-state index in [2.05, 4.69) is 11.4 Å². The highest BCUT2D eigenvalue weighted by atomic mass is 16.1. The van der Waals surface area contributed by atoms with Crippen LogP contribution in [0, 0.1) is 0 Å². The van der Waals surface area contributed by atoms with Crippen LogP contribution in [-0.2, 0) is 4.79 Å². The molecule has 0 radical (unpaired) electrons. The molecule has 1 aliphatic carbocycles. The maximum Gasteiger partial charge on any atom is 0.251 e. The standard InChI is InChI=1S/C12H13NO.2C2H6/c1-8-4-3-5-10-6-9(2)12(14)13-11(8)7-10;2*1-2/h3-6H,7H2,1-2H3,(H,13,14);2*1-2H3. The first kappa shape index (κ1) is 16.4. The van der Waals surface area contributed by atoms with Gasteiger partial charge in [0.25, 0.3) is 5.91 Å². The summed E-state index contributed by atoms with van der Waals surface area (Å²) in [4.78, 5) is 11.5. The molecule has 1 aliphatic heterocycles. The van der Waals surface area contributed by atoms with Gasteiger partial charge >= 0.3 is 0 Å². The van der Waals surface area contributed by atoms with Gasteiger partial charge in [0.15, 0.2) is 0 Å². The molecule has 2 nitrogen and oxygen atoms in total. The second-order valence-corrected chi connectivity index (χ2v) is 3.72. The largest absolute Gasteiger partial charge is 0.325 e. The van der Waals surface area contributed by atoms with Gasteiger partial charge < -0.3 is 5.32 Å². The number of carbonyl (C=O) groups is 1. The van der Waals surface area contributed by atoms with Crippen molar-refractivity contribution in [1.29, 1.82) is 0 Å². The Morgan fingerprint density at radius 2 is 1.72 bits per heavy atom. The normalized spacial score (nSPS) is 16.9. The molecule has 2 bridgehead atoms. The fraction of sp³-hybridized carbons (Fsp3) is 0.438. The van der Waals surface area contributed by atoms with Gasteiger partial charge in [-0.3, -0.25) is 4.79 Å². The van der Waals surface area contributed by atoms with E-state index in [0.29, 0.717) is 0 Å². The number of allylic oxidation sites excluding steroid dienone is 6. The number of nitrogens with one attached hydrogen (secondary N) is 1. The molecule has 1 heterocycles. The number of fused-ring (bicyclic) bond motifs is 2. The molecule has 2 heteroatoms. The summed E-state index contributed by atoms with van der Waals surface area (Å²) in [6.07, 6.45) is 8.88. The average molecular weight is 247 g/mol. The van der Waals surface area contributed by atoms with Gasteiger partial charge in [-0.1, -0.05) is 52.0 Å². The van der Waals surface area contributed by atoms with Crippen molar-refractivity contribution in [1.82, 2.24) is 5.32 Å². The number of rotatable bonds is 0. The van der Waals surface area contributed by atoms with Gasteiger partial charge in [-0.25, -0.2) is 0 Å². The average Bonchev–Trinajstić information content (AvgIpc) is 2.65. The number of hydrogen-bond donors (Lipinski definition) is 1. The van der Waals surface area contributed by atoms with Crippen LogP contribution in [0.4, 0.5) is 0 Å². The predicted molar refractivity (Wildman–Crippen MR) is 79.1 cm³/mol. The monoisotopic (exact) mass is 247 g/mol. The Balaban J connectivity index is 0.000000659. The molecule has 2 aliphatic rings. The molecule has 1 N–H and O–H groups in total. The lowest BCUT2D eigenvalue weighted by molar-refractivity contribution is -0.116. The highest BCUT2D eigenvalue weighted by Crippen LogP contribution is 2.22. The van der Waals surface area contributed by atoms with Crippen molar-refractivity contribution in [2.24, 2.45) is 0 Å². The molecule has 0 aromatic rings. The molecule has 18 heavy (non-hydrogen) atoms. The minimum absolute atomic E-state index is 0.0121. The van der Waals surface area contributed by atoms with E-state index < -0.39 is 0 Å². The smallest absolute Gasteiger partial charge is 0.251 e. The minimum atomic E-state index is 0.0121. The van der Waals surface area contributed by atoms with Crippen molar-refractivity contribution < 1.29 is 4.79 Å². The van der Waals surface area contributed by atoms with Crippen LogP contribution in [0.5, 0.6) is 0 Å². The second kappa shape index (κ2) is 8.51. The summed E-state index contributed by atoms with van der Waals surface area (Å²) in [7, 11) is 0. The predicted octanol–water partition coefficient (Wildman–Crippen LogP) is 4.28. The molecule has 0 unspecified atom stereocenters. The Morgan fingerprint density at radius 1 is 1.11 bits per heavy atom. The SMILES string of the molecule is CC.CC.CC1=CC2=CC=CC(C)=C(C2)NC1=O. The fourth-order valence-corrected chi connectivity index (χ4v) is 1.64. The van der Waals surface area contributed by atoms with Gasteiger partial charge in [-0.05, 0) is 25.0 Å². The third-order valence-electron chi connectivity index (χ3n) is 2.54. The van der Waals surface area contributed by atoms with Gasteiger partial charge in [0, 0.05) is 17.7 Å². The van der Waals surface area contributed by atoms with Gasteiger partial charge in [0.2, 0.25) is 0 Å². The molecule has 2 rings (SSSR count). The molecule has 0 aromatic heterocycles. The van der Waals surface area contributed by atoms with E-state index in [4.69, 9.17) is 0 Å². The lowest BCUT2D eigenvalue weighted by atomic mass is 10.1. The van der Waals surface area contributed by atoms with Crippen LogP contribution in [0.2, 0.25) is 0 Å². The van der Waals surface area contributed by atoms with Crippen LogP contribution in [0.3, 0.4) is 0 Å². The van der Waals surface area contributed by atoms with Crippen molar-refractivity contribution >= 4 is 5.91 Å². The van der Waals surface area contributed by atoms with Crippen LogP contribution in [0.25, 0.3) is 0 Å². The number of amides is 1. The van der Waals surface area contributed by atoms with E-state index in [9.17, 15) is 4.79 Å². The van der Waals surface area contributed by atoms with Crippen molar-refractivity contribution in [3.8, 4) is 0 Å². The Morgan fingerprint density at radius 3 is 2.33 bits per heavy atom. The maximum absolute atomic E-state index is 11.5. The molecule has 0 aromatic carbocycles. The van der Waals surface area contributed by atoms with Crippen LogP contribution < -0.4 is 5.32 Å². The highest BCUT2D eigenvalue weighted by Gasteiger charge is 2.15. The fourth-order valence-electron chi connectivity index (χ4n) is 1.64. The molecule has 0 saturated heterocycles. The van der Waals surface area contributed by atoms with E-state index in [0.717, 1.165) is 23.3 Å². The Bertz CT molecular complexity index is 409. The molecule has 100 valence electrons. The third-order valence-corrected chi connectivity index (χ3v) is 2.54. The number of hydrogen-bond acceptors (Lipinski definition) is 1. The van der Waals surface area contributed by atoms with Crippen molar-refractivity contribution in [2.45, 2.75) is 48.0 Å². The number of carbonyl (C=O) groups excluding carboxylic acids is 1. The van der Waals surface area contributed by atoms with E-state index in [1.165, 1.54) is 5.57 Å². The summed E-state index contributed by atoms with van der Waals surface area (Å²) in [6.45, 7) is 11.9. The topological polar surface area (TPSA) is 29.1 Å². The Labute approximate surface area is 111 Å². The molecule has 0 saturated carbocycles. The quantitative estimate of drug-likeness (QED) is 0.680. The summed E-state index contributed by atoms with van der Waals surface area (Å²) in [5, 5.41) is 2.93. The zero-order chi connectivity index (χ0) is 14.1. The second-order valence-electron chi connectivity index (χ2n) is 3.72. The van der Waals surface area contributed by atoms with Crippen molar-refractivity contribution in [3.63, 3.8) is 0 Å². The van der Waals surface area contributed by atoms with Gasteiger partial charge in [0.05, 0.1) is 0 Å². The summed E-state index contributed by atoms with van der Waals surface area (Å²) in [5.41, 5.74) is 4.11. The highest BCUT2D eigenvalue weighted by molar-refractivity contribution is 5.95. The van der Waals surface area contributed by atoms with E-state index in [1.54, 1.807) is 0 Å². The lowest BCUT2D eigenvalue weighted by Gasteiger charge is -2.07. The molecule has 0 atom stereocenters. The summed E-state index contributed by atoms with van der Waals surface area (Å²) >= 11 is 0. The summed E-state index contributed by atoms with van der Waals surface area (Å²) in [5.74, 6) is 0.0121. The Hall–Kier alpha value is -1.57. The van der Waals surface area contributed by atoms with Crippen molar-refractivity contribution in [3.05, 3.63) is 46.7 Å². The van der Waals surface area contributed by atoms with E-state index in [1.807, 2.05) is 59.8 Å². The van der Waals surface area contributed by atoms with E-state index >= 15 is 0 Å². The maximum atomic E-state index is 11.5. The van der Waals surface area contributed by atoms with Gasteiger partial charge in [-0.2, -0.15) is 0 Å². The van der Waals surface area contributed by atoms with E-state index in [-0.39, 0.29) is 5.91 Å². The van der Waals surface area contributed by atoms with Gasteiger partial charge in [0.1, 0.15) is 0 Å². The summed E-state index contributed by atoms with van der Waals surface area (Å²) < 4.78 is 0. The minimum Gasteiger partial charge on any atom is -0.325 e. The first-order chi connectivity index (χ1) is 8.66. The van der Waals surface area contributed by atoms with Crippen LogP contribution in [0.1, 0.15) is 48.0 Å². The van der Waals surface area contributed by atoms with Crippen LogP contribution in [-0.4, -0.2) is 5.91 Å². The van der Waals surface area contributed by atoms with Gasteiger partial charge in [-0.15, -0.1) is 0 Å². The Kier molecular flexibility index (Phi) is 7.77. The molecule has 0 fully saturated rings. The lowest BCUT2D eigenvalue weighted by Crippen LogP contribution is -2.22. The zero-order valence-corrected chi connectivity index (χ0v) is 12.4. The zero-order valence-electron chi connectivity index (χ0n) is 12.4.